The zero-order chi connectivity index (χ0) is 15.9. The van der Waals surface area contributed by atoms with Crippen LogP contribution in [0.1, 0.15) is 60.2 Å². The standard InChI is InChI=1S/C17H24N2O2S/c1-2-16(20)19(14-8-6-4-3-5-7-9-14)11-15-10-13(12-22-15)17(18)21/h2,10,12,14H,1,3-9,11H2,(H2,18,21). The highest BCUT2D eigenvalue weighted by Gasteiger charge is 2.23. The van der Waals surface area contributed by atoms with Gasteiger partial charge in [-0.15, -0.1) is 11.3 Å². The van der Waals surface area contributed by atoms with Gasteiger partial charge in [0.1, 0.15) is 0 Å². The van der Waals surface area contributed by atoms with E-state index in [1.807, 2.05) is 4.90 Å². The summed E-state index contributed by atoms with van der Waals surface area (Å²) in [7, 11) is 0. The molecular formula is C17H24N2O2S. The molecule has 1 aliphatic carbocycles. The monoisotopic (exact) mass is 320 g/mol. The van der Waals surface area contributed by atoms with Crippen LogP contribution < -0.4 is 5.73 Å². The summed E-state index contributed by atoms with van der Waals surface area (Å²) in [4.78, 5) is 26.4. The van der Waals surface area contributed by atoms with E-state index in [1.54, 1.807) is 11.4 Å². The molecule has 5 heteroatoms. The molecule has 2 N–H and O–H groups in total. The molecule has 1 fully saturated rings. The minimum Gasteiger partial charge on any atom is -0.366 e. The smallest absolute Gasteiger partial charge is 0.249 e. The van der Waals surface area contributed by atoms with E-state index in [9.17, 15) is 9.59 Å². The first-order chi connectivity index (χ1) is 10.6. The van der Waals surface area contributed by atoms with Crippen LogP contribution in [0.4, 0.5) is 0 Å². The Bertz CT molecular complexity index is 531. The van der Waals surface area contributed by atoms with Gasteiger partial charge in [0.15, 0.2) is 0 Å². The maximum absolute atomic E-state index is 12.3. The molecule has 1 aromatic rings. The first kappa shape index (κ1) is 16.7. The molecule has 120 valence electrons. The lowest BCUT2D eigenvalue weighted by atomic mass is 9.95. The van der Waals surface area contributed by atoms with Crippen LogP contribution >= 0.6 is 11.3 Å². The third kappa shape index (κ3) is 4.44. The Hall–Kier alpha value is -1.62. The summed E-state index contributed by atoms with van der Waals surface area (Å²) in [6, 6.07) is 2.06. The predicted octanol–water partition coefficient (Wildman–Crippen LogP) is 3.47. The first-order valence-electron chi connectivity index (χ1n) is 7.92. The Labute approximate surface area is 136 Å². The number of carbonyl (C=O) groups excluding carboxylic acids is 2. The maximum atomic E-state index is 12.3. The topological polar surface area (TPSA) is 63.4 Å². The van der Waals surface area contributed by atoms with Gasteiger partial charge in [0.2, 0.25) is 11.8 Å². The van der Waals surface area contributed by atoms with Crippen molar-refractivity contribution in [3.05, 3.63) is 34.5 Å². The van der Waals surface area contributed by atoms with Crippen LogP contribution in [-0.2, 0) is 11.3 Å². The summed E-state index contributed by atoms with van der Waals surface area (Å²) in [6.45, 7) is 4.17. The Morgan fingerprint density at radius 2 is 1.91 bits per heavy atom. The molecule has 1 heterocycles. The van der Waals surface area contributed by atoms with Crippen LogP contribution in [0.25, 0.3) is 0 Å². The van der Waals surface area contributed by atoms with Crippen molar-refractivity contribution in [1.29, 1.82) is 0 Å². The molecule has 0 aromatic carbocycles. The molecule has 0 unspecified atom stereocenters. The van der Waals surface area contributed by atoms with E-state index in [0.29, 0.717) is 12.1 Å². The molecule has 0 atom stereocenters. The Morgan fingerprint density at radius 3 is 2.45 bits per heavy atom. The van der Waals surface area contributed by atoms with Gasteiger partial charge in [-0.1, -0.05) is 38.7 Å². The van der Waals surface area contributed by atoms with E-state index < -0.39 is 5.91 Å². The molecule has 1 saturated carbocycles. The lowest BCUT2D eigenvalue weighted by molar-refractivity contribution is -0.129. The molecule has 0 radical (unpaired) electrons. The lowest BCUT2D eigenvalue weighted by Crippen LogP contribution is -2.39. The van der Waals surface area contributed by atoms with Crippen molar-refractivity contribution in [1.82, 2.24) is 4.90 Å². The fourth-order valence-corrected chi connectivity index (χ4v) is 3.88. The number of amides is 2. The molecule has 22 heavy (non-hydrogen) atoms. The summed E-state index contributed by atoms with van der Waals surface area (Å²) >= 11 is 1.48. The molecule has 2 amide bonds. The van der Waals surface area contributed by atoms with E-state index >= 15 is 0 Å². The van der Waals surface area contributed by atoms with E-state index in [1.165, 1.54) is 49.5 Å². The normalized spacial score (nSPS) is 16.5. The summed E-state index contributed by atoms with van der Waals surface area (Å²) in [5.41, 5.74) is 5.81. The first-order valence-corrected chi connectivity index (χ1v) is 8.80. The second kappa shape index (κ2) is 8.13. The van der Waals surface area contributed by atoms with Gasteiger partial charge in [-0.3, -0.25) is 9.59 Å². The second-order valence-electron chi connectivity index (χ2n) is 5.84. The van der Waals surface area contributed by atoms with Crippen molar-refractivity contribution in [2.24, 2.45) is 5.73 Å². The third-order valence-corrected chi connectivity index (χ3v) is 5.16. The largest absolute Gasteiger partial charge is 0.366 e. The number of primary amides is 1. The van der Waals surface area contributed by atoms with E-state index in [4.69, 9.17) is 5.73 Å². The maximum Gasteiger partial charge on any atom is 0.249 e. The summed E-state index contributed by atoms with van der Waals surface area (Å²) in [5.74, 6) is -0.449. The molecule has 0 bridgehead atoms. The second-order valence-corrected chi connectivity index (χ2v) is 6.83. The number of nitrogens with zero attached hydrogens (tertiary/aromatic N) is 1. The number of rotatable bonds is 5. The van der Waals surface area contributed by atoms with Crippen LogP contribution in [0.3, 0.4) is 0 Å². The Balaban J connectivity index is 2.11. The molecule has 1 aromatic heterocycles. The average Bonchev–Trinajstić information content (AvgIpc) is 2.93. The quantitative estimate of drug-likeness (QED) is 0.844. The van der Waals surface area contributed by atoms with E-state index in [2.05, 4.69) is 6.58 Å². The molecule has 4 nitrogen and oxygen atoms in total. The fourth-order valence-electron chi connectivity index (χ4n) is 3.01. The van der Waals surface area contributed by atoms with Crippen LogP contribution in [0.5, 0.6) is 0 Å². The highest BCUT2D eigenvalue weighted by Crippen LogP contribution is 2.25. The molecule has 1 aliphatic rings. The van der Waals surface area contributed by atoms with Crippen LogP contribution in [0.15, 0.2) is 24.1 Å². The molecule has 0 aliphatic heterocycles. The minimum absolute atomic E-state index is 0.0281. The summed E-state index contributed by atoms with van der Waals surface area (Å²) < 4.78 is 0. The van der Waals surface area contributed by atoms with Gasteiger partial charge in [0.05, 0.1) is 12.1 Å². The van der Waals surface area contributed by atoms with Crippen molar-refractivity contribution in [3.63, 3.8) is 0 Å². The third-order valence-electron chi connectivity index (χ3n) is 4.24. The average molecular weight is 320 g/mol. The van der Waals surface area contributed by atoms with Gasteiger partial charge in [-0.2, -0.15) is 0 Å². The molecule has 2 rings (SSSR count). The van der Waals surface area contributed by atoms with Crippen molar-refractivity contribution >= 4 is 23.2 Å². The van der Waals surface area contributed by atoms with Crippen LogP contribution in [0.2, 0.25) is 0 Å². The van der Waals surface area contributed by atoms with Crippen molar-refractivity contribution in [3.8, 4) is 0 Å². The van der Waals surface area contributed by atoms with Crippen molar-refractivity contribution in [2.45, 2.75) is 57.5 Å². The zero-order valence-corrected chi connectivity index (χ0v) is 13.7. The van der Waals surface area contributed by atoms with Gasteiger partial charge >= 0.3 is 0 Å². The Morgan fingerprint density at radius 1 is 1.27 bits per heavy atom. The van der Waals surface area contributed by atoms with Crippen LogP contribution in [0, 0.1) is 0 Å². The minimum atomic E-state index is -0.421. The van der Waals surface area contributed by atoms with Gasteiger partial charge in [0.25, 0.3) is 0 Å². The Kier molecular flexibility index (Phi) is 6.19. The number of hydrogen-bond donors (Lipinski definition) is 1. The lowest BCUT2D eigenvalue weighted by Gasteiger charge is -2.32. The molecular weight excluding hydrogens is 296 g/mol. The summed E-state index contributed by atoms with van der Waals surface area (Å²) in [5, 5.41) is 1.76. The van der Waals surface area contributed by atoms with E-state index in [-0.39, 0.29) is 11.9 Å². The van der Waals surface area contributed by atoms with E-state index in [0.717, 1.165) is 17.7 Å². The highest BCUT2D eigenvalue weighted by atomic mass is 32.1. The van der Waals surface area contributed by atoms with Crippen molar-refractivity contribution in [2.75, 3.05) is 0 Å². The van der Waals surface area contributed by atoms with Gasteiger partial charge in [0, 0.05) is 16.3 Å². The predicted molar refractivity (Wildman–Crippen MR) is 89.7 cm³/mol. The van der Waals surface area contributed by atoms with Gasteiger partial charge in [-0.25, -0.2) is 0 Å². The number of hydrogen-bond acceptors (Lipinski definition) is 3. The highest BCUT2D eigenvalue weighted by molar-refractivity contribution is 7.10. The SMILES string of the molecule is C=CC(=O)N(Cc1cc(C(N)=O)cs1)C1CCCCCCC1. The van der Waals surface area contributed by atoms with Crippen molar-refractivity contribution < 1.29 is 9.59 Å². The fraction of sp³-hybridized carbons (Fsp3) is 0.529. The molecule has 0 saturated heterocycles. The zero-order valence-electron chi connectivity index (χ0n) is 12.9. The summed E-state index contributed by atoms with van der Waals surface area (Å²) in [6.07, 6.45) is 9.62. The molecule has 0 spiro atoms. The van der Waals surface area contributed by atoms with Gasteiger partial charge in [-0.05, 0) is 25.0 Å². The van der Waals surface area contributed by atoms with Crippen LogP contribution in [-0.4, -0.2) is 22.8 Å². The number of nitrogens with two attached hydrogens (primary N) is 1. The van der Waals surface area contributed by atoms with Gasteiger partial charge < -0.3 is 10.6 Å². The number of carbonyl (C=O) groups is 2. The number of thiophene rings is 1.